The first-order valence-corrected chi connectivity index (χ1v) is 12.7. The van der Waals surface area contributed by atoms with Crippen LogP contribution in [0.1, 0.15) is 150 Å². The first-order chi connectivity index (χ1) is 13.5. The van der Waals surface area contributed by atoms with Crippen molar-refractivity contribution in [2.45, 2.75) is 156 Å². The van der Waals surface area contributed by atoms with Crippen molar-refractivity contribution in [1.82, 2.24) is 0 Å². The standard InChI is InChI=1S/C26H52O2/c1-6-9-12-15-17-18-21-24(4)26(5,23-20-14-11-8-3)28-25(27)22-19-16-13-10-7-2/h24H,6-23H2,1-5H3. The average molecular weight is 397 g/mol. The van der Waals surface area contributed by atoms with Crippen molar-refractivity contribution < 1.29 is 9.53 Å². The Labute approximate surface area is 177 Å². The molecule has 0 fully saturated rings. The monoisotopic (exact) mass is 396 g/mol. The Bertz CT molecular complexity index is 352. The van der Waals surface area contributed by atoms with Crippen LogP contribution in [0.15, 0.2) is 0 Å². The lowest BCUT2D eigenvalue weighted by Crippen LogP contribution is -2.38. The zero-order chi connectivity index (χ0) is 21.1. The van der Waals surface area contributed by atoms with E-state index >= 15 is 0 Å². The van der Waals surface area contributed by atoms with Gasteiger partial charge in [0.1, 0.15) is 5.60 Å². The van der Waals surface area contributed by atoms with E-state index in [1.807, 2.05) is 0 Å². The summed E-state index contributed by atoms with van der Waals surface area (Å²) in [6.07, 6.45) is 21.6. The smallest absolute Gasteiger partial charge is 0.306 e. The number of unbranched alkanes of at least 4 members (excludes halogenated alkanes) is 12. The maximum absolute atomic E-state index is 12.5. The fourth-order valence-corrected chi connectivity index (χ4v) is 4.02. The van der Waals surface area contributed by atoms with E-state index in [1.54, 1.807) is 0 Å². The van der Waals surface area contributed by atoms with Crippen LogP contribution in [0.25, 0.3) is 0 Å². The molecule has 2 unspecified atom stereocenters. The summed E-state index contributed by atoms with van der Waals surface area (Å²) in [6.45, 7) is 11.3. The van der Waals surface area contributed by atoms with Gasteiger partial charge in [-0.3, -0.25) is 4.79 Å². The van der Waals surface area contributed by atoms with Crippen LogP contribution in [0.4, 0.5) is 0 Å². The Morgan fingerprint density at radius 3 is 1.75 bits per heavy atom. The number of esters is 1. The fraction of sp³-hybridized carbons (Fsp3) is 0.962. The van der Waals surface area contributed by atoms with E-state index in [-0.39, 0.29) is 11.6 Å². The van der Waals surface area contributed by atoms with E-state index in [0.717, 1.165) is 19.3 Å². The molecule has 0 N–H and O–H groups in total. The van der Waals surface area contributed by atoms with E-state index in [4.69, 9.17) is 4.74 Å². The van der Waals surface area contributed by atoms with E-state index in [0.29, 0.717) is 12.3 Å². The Hall–Kier alpha value is -0.530. The largest absolute Gasteiger partial charge is 0.459 e. The van der Waals surface area contributed by atoms with E-state index in [1.165, 1.54) is 89.9 Å². The van der Waals surface area contributed by atoms with Crippen LogP contribution in [0.3, 0.4) is 0 Å². The molecule has 0 aromatic heterocycles. The quantitative estimate of drug-likeness (QED) is 0.151. The highest BCUT2D eigenvalue weighted by molar-refractivity contribution is 5.69. The molecule has 0 heterocycles. The fourth-order valence-electron chi connectivity index (χ4n) is 4.02. The molecule has 0 aliphatic carbocycles. The van der Waals surface area contributed by atoms with Gasteiger partial charge in [-0.1, -0.05) is 111 Å². The molecule has 0 spiro atoms. The number of hydrogen-bond donors (Lipinski definition) is 0. The second-order valence-corrected chi connectivity index (χ2v) is 9.22. The Morgan fingerprint density at radius 2 is 1.18 bits per heavy atom. The molecular formula is C26H52O2. The maximum Gasteiger partial charge on any atom is 0.306 e. The number of rotatable bonds is 20. The molecule has 2 nitrogen and oxygen atoms in total. The minimum Gasteiger partial charge on any atom is -0.459 e. The lowest BCUT2D eigenvalue weighted by atomic mass is 9.82. The second-order valence-electron chi connectivity index (χ2n) is 9.22. The number of ether oxygens (including phenoxy) is 1. The van der Waals surface area contributed by atoms with Crippen LogP contribution in [0, 0.1) is 5.92 Å². The van der Waals surface area contributed by atoms with E-state index < -0.39 is 0 Å². The van der Waals surface area contributed by atoms with Gasteiger partial charge in [0, 0.05) is 6.42 Å². The van der Waals surface area contributed by atoms with Gasteiger partial charge >= 0.3 is 5.97 Å². The molecule has 28 heavy (non-hydrogen) atoms. The van der Waals surface area contributed by atoms with Gasteiger partial charge in [0.05, 0.1) is 0 Å². The number of carbonyl (C=O) groups excluding carboxylic acids is 1. The third-order valence-corrected chi connectivity index (χ3v) is 6.39. The second kappa shape index (κ2) is 18.5. The molecule has 0 saturated heterocycles. The van der Waals surface area contributed by atoms with Crippen LogP contribution in [0.5, 0.6) is 0 Å². The lowest BCUT2D eigenvalue weighted by molar-refractivity contribution is -0.165. The van der Waals surface area contributed by atoms with Gasteiger partial charge in [-0.25, -0.2) is 0 Å². The summed E-state index contributed by atoms with van der Waals surface area (Å²) in [5, 5.41) is 0. The first kappa shape index (κ1) is 27.5. The van der Waals surface area contributed by atoms with Crippen molar-refractivity contribution in [3.8, 4) is 0 Å². The topological polar surface area (TPSA) is 26.3 Å². The number of carbonyl (C=O) groups is 1. The van der Waals surface area contributed by atoms with Crippen LogP contribution < -0.4 is 0 Å². The Morgan fingerprint density at radius 1 is 0.714 bits per heavy atom. The van der Waals surface area contributed by atoms with Crippen LogP contribution >= 0.6 is 0 Å². The SMILES string of the molecule is CCCCCCCCC(C)C(C)(CCCCCC)OC(=O)CCCCCCC. The van der Waals surface area contributed by atoms with Crippen molar-refractivity contribution in [2.75, 3.05) is 0 Å². The molecule has 2 heteroatoms. The first-order valence-electron chi connectivity index (χ1n) is 12.7. The molecular weight excluding hydrogens is 344 g/mol. The van der Waals surface area contributed by atoms with Gasteiger partial charge in [-0.2, -0.15) is 0 Å². The highest BCUT2D eigenvalue weighted by atomic mass is 16.6. The molecule has 0 aliphatic heterocycles. The van der Waals surface area contributed by atoms with Crippen molar-refractivity contribution in [1.29, 1.82) is 0 Å². The van der Waals surface area contributed by atoms with Gasteiger partial charge in [0.25, 0.3) is 0 Å². The molecule has 0 aliphatic rings. The Kier molecular flexibility index (Phi) is 18.1. The normalized spacial score (nSPS) is 14.6. The molecule has 0 bridgehead atoms. The molecule has 2 atom stereocenters. The highest BCUT2D eigenvalue weighted by Crippen LogP contribution is 2.33. The molecule has 0 saturated carbocycles. The summed E-state index contributed by atoms with van der Waals surface area (Å²) < 4.78 is 6.14. The minimum atomic E-state index is -0.280. The molecule has 0 rings (SSSR count). The third kappa shape index (κ3) is 14.5. The van der Waals surface area contributed by atoms with E-state index in [9.17, 15) is 4.79 Å². The van der Waals surface area contributed by atoms with Gasteiger partial charge in [0.15, 0.2) is 0 Å². The summed E-state index contributed by atoms with van der Waals surface area (Å²) >= 11 is 0. The van der Waals surface area contributed by atoms with Crippen molar-refractivity contribution in [2.24, 2.45) is 5.92 Å². The average Bonchev–Trinajstić information content (AvgIpc) is 2.67. The lowest BCUT2D eigenvalue weighted by Gasteiger charge is -2.36. The summed E-state index contributed by atoms with van der Waals surface area (Å²) in [7, 11) is 0. The number of hydrogen-bond acceptors (Lipinski definition) is 2. The molecule has 0 aromatic carbocycles. The van der Waals surface area contributed by atoms with Crippen LogP contribution in [0.2, 0.25) is 0 Å². The third-order valence-electron chi connectivity index (χ3n) is 6.39. The van der Waals surface area contributed by atoms with E-state index in [2.05, 4.69) is 34.6 Å². The summed E-state index contributed by atoms with van der Waals surface area (Å²) in [5.74, 6) is 0.480. The minimum absolute atomic E-state index is 0.0317. The van der Waals surface area contributed by atoms with Crippen molar-refractivity contribution in [3.05, 3.63) is 0 Å². The van der Waals surface area contributed by atoms with Crippen molar-refractivity contribution >= 4 is 5.97 Å². The highest BCUT2D eigenvalue weighted by Gasteiger charge is 2.34. The van der Waals surface area contributed by atoms with Crippen LogP contribution in [-0.4, -0.2) is 11.6 Å². The van der Waals surface area contributed by atoms with Crippen molar-refractivity contribution in [3.63, 3.8) is 0 Å². The molecule has 0 amide bonds. The predicted molar refractivity (Wildman–Crippen MR) is 124 cm³/mol. The predicted octanol–water partition coefficient (Wildman–Crippen LogP) is 9.01. The Balaban J connectivity index is 4.44. The van der Waals surface area contributed by atoms with Gasteiger partial charge in [0.2, 0.25) is 0 Å². The zero-order valence-corrected chi connectivity index (χ0v) is 20.1. The van der Waals surface area contributed by atoms with Crippen LogP contribution in [-0.2, 0) is 9.53 Å². The van der Waals surface area contributed by atoms with Gasteiger partial charge in [-0.05, 0) is 38.5 Å². The summed E-state index contributed by atoms with van der Waals surface area (Å²) in [6, 6.07) is 0. The molecule has 168 valence electrons. The molecule has 0 aromatic rings. The summed E-state index contributed by atoms with van der Waals surface area (Å²) in [5.41, 5.74) is -0.280. The van der Waals surface area contributed by atoms with Gasteiger partial charge in [-0.15, -0.1) is 0 Å². The van der Waals surface area contributed by atoms with Gasteiger partial charge < -0.3 is 4.74 Å². The summed E-state index contributed by atoms with van der Waals surface area (Å²) in [4.78, 5) is 12.5. The maximum atomic E-state index is 12.5. The molecule has 0 radical (unpaired) electrons. The zero-order valence-electron chi connectivity index (χ0n) is 20.1.